The highest BCUT2D eigenvalue weighted by Gasteiger charge is 2.37. The number of hydrogen-bond acceptors (Lipinski definition) is 3. The monoisotopic (exact) mass is 477 g/mol. The Balaban J connectivity index is 1.68. The van der Waals surface area contributed by atoms with Gasteiger partial charge in [-0.1, -0.05) is 60.3 Å². The third-order valence-corrected chi connectivity index (χ3v) is 7.18. The van der Waals surface area contributed by atoms with E-state index in [1.54, 1.807) is 12.1 Å². The second-order valence-corrected chi connectivity index (χ2v) is 9.70. The van der Waals surface area contributed by atoms with Gasteiger partial charge in [0.15, 0.2) is 0 Å². The van der Waals surface area contributed by atoms with E-state index in [1.807, 2.05) is 40.2 Å². The van der Waals surface area contributed by atoms with Crippen LogP contribution in [0, 0.1) is 5.92 Å². The summed E-state index contributed by atoms with van der Waals surface area (Å²) in [6, 6.07) is 13.1. The van der Waals surface area contributed by atoms with Crippen molar-refractivity contribution in [3.05, 3.63) is 63.1 Å². The Morgan fingerprint density at radius 1 is 1.06 bits per heavy atom. The summed E-state index contributed by atoms with van der Waals surface area (Å²) in [6.45, 7) is 5.11. The molecule has 0 aliphatic carbocycles. The number of hydrogen-bond donors (Lipinski definition) is 0. The van der Waals surface area contributed by atoms with Gasteiger partial charge >= 0.3 is 0 Å². The molecule has 0 radical (unpaired) electrons. The van der Waals surface area contributed by atoms with E-state index in [0.29, 0.717) is 33.1 Å². The fourth-order valence-corrected chi connectivity index (χ4v) is 5.06. The summed E-state index contributed by atoms with van der Waals surface area (Å²) in [5.41, 5.74) is 2.32. The van der Waals surface area contributed by atoms with Crippen LogP contribution in [0.4, 0.5) is 5.69 Å². The molecule has 4 nitrogen and oxygen atoms in total. The Kier molecular flexibility index (Phi) is 6.80. The van der Waals surface area contributed by atoms with E-state index >= 15 is 0 Å². The summed E-state index contributed by atoms with van der Waals surface area (Å²) in [7, 11) is 0. The largest absolute Gasteiger partial charge is 0.335 e. The third kappa shape index (κ3) is 4.72. The topological polar surface area (TPSA) is 35.9 Å². The Hall–Kier alpha value is -1.75. The van der Waals surface area contributed by atoms with Crippen molar-refractivity contribution >= 4 is 52.1 Å². The van der Waals surface area contributed by atoms with Crippen LogP contribution in [0.5, 0.6) is 0 Å². The Labute approximate surface area is 198 Å². The summed E-state index contributed by atoms with van der Waals surface area (Å²) in [4.78, 5) is 15.5. The van der Waals surface area contributed by atoms with Gasteiger partial charge in [0, 0.05) is 29.1 Å². The molecule has 2 aliphatic heterocycles. The number of amides is 1. The first-order chi connectivity index (χ1) is 14.9. The molecule has 0 N–H and O–H groups in total. The van der Waals surface area contributed by atoms with Gasteiger partial charge < -0.3 is 4.90 Å². The van der Waals surface area contributed by atoms with Crippen molar-refractivity contribution in [3.63, 3.8) is 0 Å². The molecule has 1 saturated heterocycles. The van der Waals surface area contributed by atoms with Crippen LogP contribution < -0.4 is 5.01 Å². The van der Waals surface area contributed by atoms with Gasteiger partial charge in [-0.3, -0.25) is 9.80 Å². The maximum Gasteiger partial charge on any atom is 0.270 e. The van der Waals surface area contributed by atoms with Crippen LogP contribution in [0.3, 0.4) is 0 Å². The molecule has 1 fully saturated rings. The maximum absolute atomic E-state index is 13.5. The quantitative estimate of drug-likeness (QED) is 0.474. The number of benzene rings is 2. The molecule has 1 amide bonds. The van der Waals surface area contributed by atoms with Crippen molar-refractivity contribution in [2.24, 2.45) is 11.0 Å². The lowest BCUT2D eigenvalue weighted by atomic mass is 9.91. The van der Waals surface area contributed by atoms with Gasteiger partial charge in [0.25, 0.3) is 5.91 Å². The molecule has 2 aromatic carbocycles. The van der Waals surface area contributed by atoms with Crippen LogP contribution >= 0.6 is 34.8 Å². The highest BCUT2D eigenvalue weighted by molar-refractivity contribution is 6.40. The number of rotatable bonds is 4. The first-order valence-corrected chi connectivity index (χ1v) is 11.9. The summed E-state index contributed by atoms with van der Waals surface area (Å²) < 4.78 is 0. The molecule has 31 heavy (non-hydrogen) atoms. The SMILES string of the molecule is CCC1CCC(C)N(C(=O)C2=NN(c3ccc(Cl)cc3Cl)C(c3ccc(Cl)cc3)C2)C1. The smallest absolute Gasteiger partial charge is 0.270 e. The second-order valence-electron chi connectivity index (χ2n) is 8.42. The molecule has 2 heterocycles. The van der Waals surface area contributed by atoms with E-state index in [1.165, 1.54) is 6.42 Å². The maximum atomic E-state index is 13.5. The zero-order valence-corrected chi connectivity index (χ0v) is 20.0. The van der Waals surface area contributed by atoms with Crippen molar-refractivity contribution in [1.82, 2.24) is 4.90 Å². The summed E-state index contributed by atoms with van der Waals surface area (Å²) in [5, 5.41) is 8.37. The van der Waals surface area contributed by atoms with Crippen LogP contribution in [0.15, 0.2) is 47.6 Å². The number of nitrogens with zero attached hydrogens (tertiary/aromatic N) is 3. The molecule has 7 heteroatoms. The lowest BCUT2D eigenvalue weighted by Crippen LogP contribution is -2.48. The van der Waals surface area contributed by atoms with Crippen LogP contribution in [0.1, 0.15) is 51.1 Å². The first-order valence-electron chi connectivity index (χ1n) is 10.8. The van der Waals surface area contributed by atoms with Crippen molar-refractivity contribution < 1.29 is 4.79 Å². The Morgan fingerprint density at radius 2 is 1.77 bits per heavy atom. The fourth-order valence-electron chi connectivity index (χ4n) is 4.44. The minimum absolute atomic E-state index is 0.0252. The summed E-state index contributed by atoms with van der Waals surface area (Å²) in [6.07, 6.45) is 3.81. The summed E-state index contributed by atoms with van der Waals surface area (Å²) in [5.74, 6) is 0.577. The highest BCUT2D eigenvalue weighted by Crippen LogP contribution is 2.40. The second kappa shape index (κ2) is 9.40. The molecule has 0 aromatic heterocycles. The molecule has 3 unspecified atom stereocenters. The van der Waals surface area contributed by atoms with Gasteiger partial charge in [-0.2, -0.15) is 5.10 Å². The van der Waals surface area contributed by atoms with Crippen molar-refractivity contribution in [1.29, 1.82) is 0 Å². The zero-order chi connectivity index (χ0) is 22.1. The number of carbonyl (C=O) groups excluding carboxylic acids is 1. The molecule has 2 aliphatic rings. The summed E-state index contributed by atoms with van der Waals surface area (Å²) >= 11 is 18.7. The van der Waals surface area contributed by atoms with E-state index in [-0.39, 0.29) is 18.0 Å². The lowest BCUT2D eigenvalue weighted by Gasteiger charge is -2.37. The Morgan fingerprint density at radius 3 is 2.45 bits per heavy atom. The number of carbonyl (C=O) groups is 1. The fraction of sp³-hybridized carbons (Fsp3) is 0.417. The molecule has 164 valence electrons. The Bertz CT molecular complexity index is 992. The number of likely N-dealkylation sites (tertiary alicyclic amines) is 1. The van der Waals surface area contributed by atoms with Crippen molar-refractivity contribution in [2.75, 3.05) is 11.6 Å². The van der Waals surface area contributed by atoms with E-state index in [2.05, 4.69) is 13.8 Å². The normalized spacial score (nSPS) is 23.8. The molecule has 4 rings (SSSR count). The van der Waals surface area contributed by atoms with Gasteiger partial charge in [-0.05, 0) is 61.6 Å². The number of piperidine rings is 1. The molecule has 0 spiro atoms. The van der Waals surface area contributed by atoms with Crippen LogP contribution in [0.2, 0.25) is 15.1 Å². The third-order valence-electron chi connectivity index (χ3n) is 6.39. The highest BCUT2D eigenvalue weighted by atomic mass is 35.5. The number of anilines is 1. The zero-order valence-electron chi connectivity index (χ0n) is 17.7. The van der Waals surface area contributed by atoms with Gasteiger partial charge in [0.1, 0.15) is 5.71 Å². The van der Waals surface area contributed by atoms with Crippen molar-refractivity contribution in [2.45, 2.75) is 51.6 Å². The van der Waals surface area contributed by atoms with Gasteiger partial charge in [0.05, 0.1) is 16.8 Å². The van der Waals surface area contributed by atoms with Crippen molar-refractivity contribution in [3.8, 4) is 0 Å². The molecular weight excluding hydrogens is 453 g/mol. The predicted octanol–water partition coefficient (Wildman–Crippen LogP) is 6.99. The van der Waals surface area contributed by atoms with E-state index < -0.39 is 0 Å². The van der Waals surface area contributed by atoms with E-state index in [9.17, 15) is 4.79 Å². The number of halogens is 3. The first kappa shape index (κ1) is 22.4. The van der Waals surface area contributed by atoms with Gasteiger partial charge in [0.2, 0.25) is 0 Å². The predicted molar refractivity (Wildman–Crippen MR) is 129 cm³/mol. The minimum Gasteiger partial charge on any atom is -0.335 e. The molecular formula is C24H26Cl3N3O. The molecule has 0 saturated carbocycles. The van der Waals surface area contributed by atoms with Crippen LogP contribution in [-0.4, -0.2) is 29.1 Å². The number of hydrazone groups is 1. The molecule has 0 bridgehead atoms. The average Bonchev–Trinajstić information content (AvgIpc) is 3.19. The van der Waals surface area contributed by atoms with E-state index in [0.717, 1.165) is 30.6 Å². The van der Waals surface area contributed by atoms with Crippen LogP contribution in [0.25, 0.3) is 0 Å². The van der Waals surface area contributed by atoms with Gasteiger partial charge in [-0.15, -0.1) is 0 Å². The molecule has 2 aromatic rings. The standard InChI is InChI=1S/C24H26Cl3N3O/c1-3-16-5-4-15(2)29(14-16)24(31)21-13-23(17-6-8-18(25)9-7-17)30(28-21)22-11-10-19(26)12-20(22)27/h6-12,15-16,23H,3-5,13-14H2,1-2H3. The average molecular weight is 479 g/mol. The molecule has 3 atom stereocenters. The van der Waals surface area contributed by atoms with E-state index in [4.69, 9.17) is 39.9 Å². The van der Waals surface area contributed by atoms with Gasteiger partial charge in [-0.25, -0.2) is 0 Å². The lowest BCUT2D eigenvalue weighted by molar-refractivity contribution is -0.128. The minimum atomic E-state index is -0.142. The van der Waals surface area contributed by atoms with Crippen LogP contribution in [-0.2, 0) is 4.79 Å².